The number of carbonyl (C=O) groups is 2. The maximum atomic E-state index is 13.1. The lowest BCUT2D eigenvalue weighted by molar-refractivity contribution is -0.137. The molecule has 0 saturated heterocycles. The standard InChI is InChI=1S/C15H20FNO3/c1-10(12-4-3-5-13(16)9-12)8-14(18)17-11(2)6-7-15(19)20/h3-5,9-11H,6-8H2,1-2H3,(H,17,18)(H,19,20). The highest BCUT2D eigenvalue weighted by molar-refractivity contribution is 5.77. The number of carboxylic acids is 1. The summed E-state index contributed by atoms with van der Waals surface area (Å²) < 4.78 is 13.1. The Labute approximate surface area is 118 Å². The first kappa shape index (κ1) is 16.1. The third-order valence-corrected chi connectivity index (χ3v) is 3.11. The van der Waals surface area contributed by atoms with Crippen LogP contribution in [0.2, 0.25) is 0 Å². The SMILES string of the molecule is CC(CCC(=O)O)NC(=O)CC(C)c1cccc(F)c1. The van der Waals surface area contributed by atoms with E-state index in [9.17, 15) is 14.0 Å². The summed E-state index contributed by atoms with van der Waals surface area (Å²) in [5.74, 6) is -1.43. The van der Waals surface area contributed by atoms with E-state index in [0.717, 1.165) is 5.56 Å². The minimum atomic E-state index is -0.876. The highest BCUT2D eigenvalue weighted by Crippen LogP contribution is 2.19. The Kier molecular flexibility index (Phi) is 6.15. The van der Waals surface area contributed by atoms with Crippen LogP contribution >= 0.6 is 0 Å². The smallest absolute Gasteiger partial charge is 0.303 e. The van der Waals surface area contributed by atoms with Crippen LogP contribution in [0.5, 0.6) is 0 Å². The van der Waals surface area contributed by atoms with Crippen molar-refractivity contribution in [3.8, 4) is 0 Å². The molecule has 4 nitrogen and oxygen atoms in total. The van der Waals surface area contributed by atoms with E-state index in [2.05, 4.69) is 5.32 Å². The molecular formula is C15H20FNO3. The van der Waals surface area contributed by atoms with Crippen molar-refractivity contribution in [1.82, 2.24) is 5.32 Å². The van der Waals surface area contributed by atoms with Gasteiger partial charge in [-0.1, -0.05) is 19.1 Å². The molecular weight excluding hydrogens is 261 g/mol. The molecule has 1 aromatic carbocycles. The topological polar surface area (TPSA) is 66.4 Å². The molecule has 2 N–H and O–H groups in total. The molecule has 0 bridgehead atoms. The molecule has 0 radical (unpaired) electrons. The highest BCUT2D eigenvalue weighted by Gasteiger charge is 2.14. The van der Waals surface area contributed by atoms with Gasteiger partial charge in [-0.25, -0.2) is 4.39 Å². The van der Waals surface area contributed by atoms with Crippen LogP contribution in [0.25, 0.3) is 0 Å². The highest BCUT2D eigenvalue weighted by atomic mass is 19.1. The number of halogens is 1. The molecule has 0 heterocycles. The van der Waals surface area contributed by atoms with E-state index in [-0.39, 0.29) is 36.5 Å². The van der Waals surface area contributed by atoms with Crippen molar-refractivity contribution in [2.45, 2.75) is 45.1 Å². The summed E-state index contributed by atoms with van der Waals surface area (Å²) in [7, 11) is 0. The number of carbonyl (C=O) groups excluding carboxylic acids is 1. The molecule has 1 amide bonds. The zero-order chi connectivity index (χ0) is 15.1. The fourth-order valence-corrected chi connectivity index (χ4v) is 1.95. The largest absolute Gasteiger partial charge is 0.481 e. The molecule has 0 aliphatic rings. The summed E-state index contributed by atoms with van der Waals surface area (Å²) in [5.41, 5.74) is 0.776. The van der Waals surface area contributed by atoms with Crippen LogP contribution in [0.1, 0.15) is 44.6 Å². The minimum Gasteiger partial charge on any atom is -0.481 e. The van der Waals surface area contributed by atoms with Crippen LogP contribution in [-0.4, -0.2) is 23.0 Å². The molecule has 0 aliphatic carbocycles. The Bertz CT molecular complexity index is 476. The van der Waals surface area contributed by atoms with Crippen molar-refractivity contribution in [3.63, 3.8) is 0 Å². The molecule has 110 valence electrons. The first-order valence-corrected chi connectivity index (χ1v) is 6.65. The molecule has 1 rings (SSSR count). The molecule has 0 spiro atoms. The van der Waals surface area contributed by atoms with Gasteiger partial charge in [0, 0.05) is 18.9 Å². The first-order valence-electron chi connectivity index (χ1n) is 6.65. The zero-order valence-electron chi connectivity index (χ0n) is 11.7. The van der Waals surface area contributed by atoms with Gasteiger partial charge in [-0.3, -0.25) is 9.59 Å². The zero-order valence-corrected chi connectivity index (χ0v) is 11.7. The van der Waals surface area contributed by atoms with Gasteiger partial charge in [0.15, 0.2) is 0 Å². The Balaban J connectivity index is 2.43. The van der Waals surface area contributed by atoms with Gasteiger partial charge in [0.2, 0.25) is 5.91 Å². The summed E-state index contributed by atoms with van der Waals surface area (Å²) in [5, 5.41) is 11.3. The van der Waals surface area contributed by atoms with Gasteiger partial charge < -0.3 is 10.4 Å². The molecule has 1 aromatic rings. The number of rotatable bonds is 7. The Morgan fingerprint density at radius 2 is 2.05 bits per heavy atom. The number of hydrogen-bond donors (Lipinski definition) is 2. The summed E-state index contributed by atoms with van der Waals surface area (Å²) >= 11 is 0. The Morgan fingerprint density at radius 3 is 2.65 bits per heavy atom. The molecule has 0 aromatic heterocycles. The van der Waals surface area contributed by atoms with E-state index in [1.54, 1.807) is 19.1 Å². The lowest BCUT2D eigenvalue weighted by atomic mass is 9.97. The maximum absolute atomic E-state index is 13.1. The van der Waals surface area contributed by atoms with Crippen molar-refractivity contribution in [1.29, 1.82) is 0 Å². The van der Waals surface area contributed by atoms with Gasteiger partial charge >= 0.3 is 5.97 Å². The molecule has 0 aliphatic heterocycles. The molecule has 2 atom stereocenters. The Hall–Kier alpha value is -1.91. The van der Waals surface area contributed by atoms with Crippen molar-refractivity contribution < 1.29 is 19.1 Å². The van der Waals surface area contributed by atoms with Gasteiger partial charge in [-0.15, -0.1) is 0 Å². The van der Waals surface area contributed by atoms with Crippen LogP contribution in [0.4, 0.5) is 4.39 Å². The third-order valence-electron chi connectivity index (χ3n) is 3.11. The average molecular weight is 281 g/mol. The van der Waals surface area contributed by atoms with Crippen LogP contribution in [0, 0.1) is 5.82 Å². The van der Waals surface area contributed by atoms with Crippen LogP contribution in [0.3, 0.4) is 0 Å². The lowest BCUT2D eigenvalue weighted by Crippen LogP contribution is -2.33. The van der Waals surface area contributed by atoms with Crippen LogP contribution in [-0.2, 0) is 9.59 Å². The number of nitrogens with one attached hydrogen (secondary N) is 1. The molecule has 0 fully saturated rings. The maximum Gasteiger partial charge on any atom is 0.303 e. The van der Waals surface area contributed by atoms with Gasteiger partial charge in [-0.05, 0) is 37.0 Å². The van der Waals surface area contributed by atoms with Gasteiger partial charge in [0.25, 0.3) is 0 Å². The number of amides is 1. The number of carboxylic acid groups (broad SMARTS) is 1. The number of benzene rings is 1. The summed E-state index contributed by atoms with van der Waals surface area (Å²) in [6.45, 7) is 3.63. The third kappa shape index (κ3) is 5.82. The molecule has 5 heteroatoms. The quantitative estimate of drug-likeness (QED) is 0.807. The van der Waals surface area contributed by atoms with E-state index in [0.29, 0.717) is 6.42 Å². The normalized spacial score (nSPS) is 13.6. The summed E-state index contributed by atoms with van der Waals surface area (Å²) in [4.78, 5) is 22.3. The summed E-state index contributed by atoms with van der Waals surface area (Å²) in [6.07, 6.45) is 0.678. The van der Waals surface area contributed by atoms with Gasteiger partial charge in [-0.2, -0.15) is 0 Å². The average Bonchev–Trinajstić information content (AvgIpc) is 2.36. The van der Waals surface area contributed by atoms with Crippen LogP contribution in [0.15, 0.2) is 24.3 Å². The second-order valence-electron chi connectivity index (χ2n) is 5.06. The van der Waals surface area contributed by atoms with Crippen molar-refractivity contribution >= 4 is 11.9 Å². The van der Waals surface area contributed by atoms with E-state index in [4.69, 9.17) is 5.11 Å². The molecule has 2 unspecified atom stereocenters. The fraction of sp³-hybridized carbons (Fsp3) is 0.467. The predicted molar refractivity (Wildman–Crippen MR) is 73.9 cm³/mol. The number of aliphatic carboxylic acids is 1. The van der Waals surface area contributed by atoms with E-state index >= 15 is 0 Å². The Morgan fingerprint density at radius 1 is 1.35 bits per heavy atom. The molecule has 0 saturated carbocycles. The van der Waals surface area contributed by atoms with E-state index < -0.39 is 5.97 Å². The van der Waals surface area contributed by atoms with Gasteiger partial charge in [0.05, 0.1) is 0 Å². The second kappa shape index (κ2) is 7.62. The first-order chi connectivity index (χ1) is 9.38. The van der Waals surface area contributed by atoms with E-state index in [1.165, 1.54) is 12.1 Å². The van der Waals surface area contributed by atoms with Crippen molar-refractivity contribution in [2.75, 3.05) is 0 Å². The second-order valence-corrected chi connectivity index (χ2v) is 5.06. The summed E-state index contributed by atoms with van der Waals surface area (Å²) in [6, 6.07) is 6.01. The predicted octanol–water partition coefficient (Wildman–Crippen LogP) is 2.69. The van der Waals surface area contributed by atoms with E-state index in [1.807, 2.05) is 6.92 Å². The van der Waals surface area contributed by atoms with Crippen molar-refractivity contribution in [2.24, 2.45) is 0 Å². The van der Waals surface area contributed by atoms with Crippen LogP contribution < -0.4 is 5.32 Å². The minimum absolute atomic E-state index is 0.0287. The monoisotopic (exact) mass is 281 g/mol. The number of hydrogen-bond acceptors (Lipinski definition) is 2. The molecule has 20 heavy (non-hydrogen) atoms. The lowest BCUT2D eigenvalue weighted by Gasteiger charge is -2.16. The van der Waals surface area contributed by atoms with Crippen molar-refractivity contribution in [3.05, 3.63) is 35.6 Å². The fourth-order valence-electron chi connectivity index (χ4n) is 1.95. The van der Waals surface area contributed by atoms with Gasteiger partial charge in [0.1, 0.15) is 5.82 Å².